The quantitative estimate of drug-likeness (QED) is 0.852. The van der Waals surface area contributed by atoms with Crippen molar-refractivity contribution in [3.05, 3.63) is 29.8 Å². The highest BCUT2D eigenvalue weighted by Crippen LogP contribution is 2.32. The Balaban J connectivity index is 2.03. The fourth-order valence-corrected chi connectivity index (χ4v) is 3.09. The van der Waals surface area contributed by atoms with E-state index in [0.29, 0.717) is 5.92 Å². The molecule has 0 spiro atoms. The summed E-state index contributed by atoms with van der Waals surface area (Å²) in [5.74, 6) is 1.41. The number of hydrogen-bond acceptors (Lipinski definition) is 2. The van der Waals surface area contributed by atoms with Crippen LogP contribution in [0.1, 0.15) is 38.2 Å². The minimum Gasteiger partial charge on any atom is -0.394 e. The third-order valence-electron chi connectivity index (χ3n) is 4.23. The van der Waals surface area contributed by atoms with Crippen LogP contribution in [-0.2, 0) is 0 Å². The molecular formula is C16H25NO. The number of aliphatic hydroxyl groups is 1. The molecule has 3 atom stereocenters. The van der Waals surface area contributed by atoms with Crippen LogP contribution in [0.15, 0.2) is 24.3 Å². The lowest BCUT2D eigenvalue weighted by Crippen LogP contribution is -2.35. The first-order chi connectivity index (χ1) is 8.70. The smallest absolute Gasteiger partial charge is 0.0635 e. The molecule has 0 saturated heterocycles. The zero-order chi connectivity index (χ0) is 13.0. The number of hydrogen-bond donors (Lipinski definition) is 2. The second-order valence-corrected chi connectivity index (χ2v) is 5.78. The predicted molar refractivity (Wildman–Crippen MR) is 76.8 cm³/mol. The molecule has 2 nitrogen and oxygen atoms in total. The highest BCUT2D eigenvalue weighted by atomic mass is 16.3. The van der Waals surface area contributed by atoms with Crippen molar-refractivity contribution in [3.63, 3.8) is 0 Å². The molecule has 0 radical (unpaired) electrons. The summed E-state index contributed by atoms with van der Waals surface area (Å²) < 4.78 is 0. The van der Waals surface area contributed by atoms with E-state index in [1.54, 1.807) is 0 Å². The van der Waals surface area contributed by atoms with Crippen molar-refractivity contribution in [1.29, 1.82) is 0 Å². The molecule has 2 heteroatoms. The molecule has 2 rings (SSSR count). The molecule has 1 saturated carbocycles. The van der Waals surface area contributed by atoms with Crippen molar-refractivity contribution < 1.29 is 5.11 Å². The van der Waals surface area contributed by atoms with E-state index in [-0.39, 0.29) is 12.6 Å². The number of para-hydroxylation sites is 1. The number of aliphatic hydroxyl groups excluding tert-OH is 1. The van der Waals surface area contributed by atoms with Gasteiger partial charge in [-0.2, -0.15) is 0 Å². The molecule has 0 aromatic heterocycles. The van der Waals surface area contributed by atoms with E-state index in [9.17, 15) is 5.11 Å². The lowest BCUT2D eigenvalue weighted by molar-refractivity contribution is 0.188. The summed E-state index contributed by atoms with van der Waals surface area (Å²) in [5.41, 5.74) is 2.41. The highest BCUT2D eigenvalue weighted by Gasteiger charge is 2.26. The van der Waals surface area contributed by atoms with Gasteiger partial charge in [0.15, 0.2) is 0 Å². The van der Waals surface area contributed by atoms with Crippen molar-refractivity contribution in [2.45, 2.75) is 45.6 Å². The van der Waals surface area contributed by atoms with E-state index in [1.807, 2.05) is 6.07 Å². The van der Waals surface area contributed by atoms with Gasteiger partial charge in [-0.15, -0.1) is 0 Å². The normalized spacial score (nSPS) is 25.7. The van der Waals surface area contributed by atoms with Crippen molar-refractivity contribution in [3.8, 4) is 0 Å². The Morgan fingerprint density at radius 1 is 1.33 bits per heavy atom. The monoisotopic (exact) mass is 247 g/mol. The van der Waals surface area contributed by atoms with Crippen LogP contribution in [0.2, 0.25) is 0 Å². The number of nitrogens with one attached hydrogen (secondary N) is 1. The fraction of sp³-hybridized carbons (Fsp3) is 0.625. The molecule has 0 aliphatic heterocycles. The largest absolute Gasteiger partial charge is 0.394 e. The first kappa shape index (κ1) is 13.4. The first-order valence-corrected chi connectivity index (χ1v) is 7.13. The molecule has 0 heterocycles. The van der Waals surface area contributed by atoms with E-state index in [0.717, 1.165) is 11.6 Å². The van der Waals surface area contributed by atoms with Gasteiger partial charge in [-0.1, -0.05) is 38.0 Å². The Morgan fingerprint density at radius 3 is 2.78 bits per heavy atom. The molecule has 1 aliphatic rings. The summed E-state index contributed by atoms with van der Waals surface area (Å²) in [6.45, 7) is 4.67. The number of benzene rings is 1. The molecule has 1 aromatic carbocycles. The van der Waals surface area contributed by atoms with Gasteiger partial charge < -0.3 is 10.4 Å². The molecular weight excluding hydrogens is 222 g/mol. The maximum atomic E-state index is 9.65. The molecule has 18 heavy (non-hydrogen) atoms. The maximum absolute atomic E-state index is 9.65. The van der Waals surface area contributed by atoms with Gasteiger partial charge in [0.1, 0.15) is 0 Å². The molecule has 3 unspecified atom stereocenters. The Kier molecular flexibility index (Phi) is 4.65. The standard InChI is InChI=1S/C16H25NO/c1-12-6-5-8-14(10-12)16(11-18)17-15-9-4-3-7-13(15)2/h3-4,7,9,12,14,16-18H,5-6,8,10-11H2,1-2H3. The molecule has 1 aromatic rings. The SMILES string of the molecule is Cc1ccccc1NC(CO)C1CCCC(C)C1. The topological polar surface area (TPSA) is 32.3 Å². The van der Waals surface area contributed by atoms with Gasteiger partial charge in [0.05, 0.1) is 12.6 Å². The number of rotatable bonds is 4. The number of aryl methyl sites for hydroxylation is 1. The van der Waals surface area contributed by atoms with E-state index in [2.05, 4.69) is 37.4 Å². The lowest BCUT2D eigenvalue weighted by atomic mass is 9.78. The van der Waals surface area contributed by atoms with E-state index in [1.165, 1.54) is 31.2 Å². The van der Waals surface area contributed by atoms with E-state index in [4.69, 9.17) is 0 Å². The molecule has 0 amide bonds. The molecule has 1 aliphatic carbocycles. The Morgan fingerprint density at radius 2 is 2.11 bits per heavy atom. The summed E-state index contributed by atoms with van der Waals surface area (Å²) in [4.78, 5) is 0. The number of anilines is 1. The third-order valence-corrected chi connectivity index (χ3v) is 4.23. The fourth-order valence-electron chi connectivity index (χ4n) is 3.09. The Bertz CT molecular complexity index is 377. The van der Waals surface area contributed by atoms with Crippen LogP contribution in [0.3, 0.4) is 0 Å². The Labute approximate surface area is 110 Å². The maximum Gasteiger partial charge on any atom is 0.0635 e. The summed E-state index contributed by atoms with van der Waals surface area (Å²) in [5, 5.41) is 13.2. The van der Waals surface area contributed by atoms with Gasteiger partial charge in [-0.05, 0) is 43.2 Å². The van der Waals surface area contributed by atoms with Crippen LogP contribution in [0.4, 0.5) is 5.69 Å². The van der Waals surface area contributed by atoms with Gasteiger partial charge in [0.25, 0.3) is 0 Å². The summed E-state index contributed by atoms with van der Waals surface area (Å²) in [7, 11) is 0. The molecule has 2 N–H and O–H groups in total. The zero-order valence-electron chi connectivity index (χ0n) is 11.5. The zero-order valence-corrected chi connectivity index (χ0v) is 11.5. The second-order valence-electron chi connectivity index (χ2n) is 5.78. The lowest BCUT2D eigenvalue weighted by Gasteiger charge is -2.33. The minimum atomic E-state index is 0.203. The van der Waals surface area contributed by atoms with Gasteiger partial charge >= 0.3 is 0 Å². The second kappa shape index (κ2) is 6.24. The highest BCUT2D eigenvalue weighted by molar-refractivity contribution is 5.51. The van der Waals surface area contributed by atoms with Gasteiger partial charge in [-0.3, -0.25) is 0 Å². The minimum absolute atomic E-state index is 0.203. The van der Waals surface area contributed by atoms with Crippen molar-refractivity contribution >= 4 is 5.69 Å². The predicted octanol–water partition coefficient (Wildman–Crippen LogP) is 3.59. The Hall–Kier alpha value is -1.02. The van der Waals surface area contributed by atoms with Gasteiger partial charge in [-0.25, -0.2) is 0 Å². The van der Waals surface area contributed by atoms with Gasteiger partial charge in [0.2, 0.25) is 0 Å². The summed E-state index contributed by atoms with van der Waals surface area (Å²) in [6.07, 6.45) is 5.13. The molecule has 1 fully saturated rings. The van der Waals surface area contributed by atoms with Crippen LogP contribution >= 0.6 is 0 Å². The summed E-state index contributed by atoms with van der Waals surface area (Å²) in [6, 6.07) is 8.52. The van der Waals surface area contributed by atoms with E-state index < -0.39 is 0 Å². The van der Waals surface area contributed by atoms with Crippen LogP contribution in [-0.4, -0.2) is 17.8 Å². The molecule has 0 bridgehead atoms. The van der Waals surface area contributed by atoms with Crippen LogP contribution in [0.25, 0.3) is 0 Å². The van der Waals surface area contributed by atoms with Crippen LogP contribution in [0.5, 0.6) is 0 Å². The molecule has 100 valence electrons. The van der Waals surface area contributed by atoms with Crippen molar-refractivity contribution in [2.24, 2.45) is 11.8 Å². The average molecular weight is 247 g/mol. The summed E-state index contributed by atoms with van der Waals surface area (Å²) >= 11 is 0. The van der Waals surface area contributed by atoms with Gasteiger partial charge in [0, 0.05) is 5.69 Å². The first-order valence-electron chi connectivity index (χ1n) is 7.13. The third kappa shape index (κ3) is 3.26. The van der Waals surface area contributed by atoms with Crippen molar-refractivity contribution in [1.82, 2.24) is 0 Å². The van der Waals surface area contributed by atoms with E-state index >= 15 is 0 Å². The average Bonchev–Trinajstić information content (AvgIpc) is 2.38. The van der Waals surface area contributed by atoms with Crippen LogP contribution < -0.4 is 5.32 Å². The van der Waals surface area contributed by atoms with Crippen molar-refractivity contribution in [2.75, 3.05) is 11.9 Å². The van der Waals surface area contributed by atoms with Crippen LogP contribution in [0, 0.1) is 18.8 Å².